The van der Waals surface area contributed by atoms with E-state index < -0.39 is 5.91 Å². The molecule has 0 aliphatic heterocycles. The van der Waals surface area contributed by atoms with Crippen LogP contribution < -0.4 is 25.0 Å². The number of carbonyl (C=O) groups excluding carboxylic acids is 2. The number of ether oxygens (including phenoxy) is 3. The van der Waals surface area contributed by atoms with E-state index in [1.165, 1.54) is 21.3 Å². The van der Waals surface area contributed by atoms with Crippen LogP contribution in [0.4, 0.5) is 5.69 Å². The second kappa shape index (κ2) is 10.2. The number of amides is 2. The summed E-state index contributed by atoms with van der Waals surface area (Å²) in [5.41, 5.74) is 5.07. The van der Waals surface area contributed by atoms with Crippen LogP contribution in [0.2, 0.25) is 0 Å². The van der Waals surface area contributed by atoms with Crippen molar-refractivity contribution >= 4 is 45.2 Å². The van der Waals surface area contributed by atoms with Crippen molar-refractivity contribution in [2.45, 2.75) is 13.3 Å². The number of para-hydroxylation sites is 1. The van der Waals surface area contributed by atoms with Gasteiger partial charge >= 0.3 is 0 Å². The third kappa shape index (κ3) is 5.03. The van der Waals surface area contributed by atoms with E-state index in [-0.39, 0.29) is 12.3 Å². The number of rotatable bonds is 8. The molecular weight excluding hydrogens is 450 g/mol. The van der Waals surface area contributed by atoms with Crippen LogP contribution in [0.5, 0.6) is 17.2 Å². The highest BCUT2D eigenvalue weighted by Crippen LogP contribution is 2.36. The van der Waals surface area contributed by atoms with Gasteiger partial charge in [-0.2, -0.15) is 5.10 Å². The van der Waals surface area contributed by atoms with E-state index >= 15 is 0 Å². The third-order valence-electron chi connectivity index (χ3n) is 5.38. The summed E-state index contributed by atoms with van der Waals surface area (Å²) >= 11 is 0. The van der Waals surface area contributed by atoms with Crippen LogP contribution in [0.25, 0.3) is 21.9 Å². The van der Waals surface area contributed by atoms with E-state index in [1.807, 2.05) is 30.3 Å². The van der Waals surface area contributed by atoms with Gasteiger partial charge in [0.1, 0.15) is 16.9 Å². The molecule has 3 aromatic carbocycles. The average Bonchev–Trinajstić information content (AvgIpc) is 3.23. The monoisotopic (exact) mass is 475 g/mol. The Morgan fingerprint density at radius 3 is 2.34 bits per heavy atom. The fourth-order valence-electron chi connectivity index (χ4n) is 3.67. The van der Waals surface area contributed by atoms with Crippen LogP contribution in [0.3, 0.4) is 0 Å². The fourth-order valence-corrected chi connectivity index (χ4v) is 3.67. The summed E-state index contributed by atoms with van der Waals surface area (Å²) in [7, 11) is 4.54. The lowest BCUT2D eigenvalue weighted by Crippen LogP contribution is -2.21. The molecule has 4 aromatic rings. The van der Waals surface area contributed by atoms with Gasteiger partial charge in [0.2, 0.25) is 5.91 Å². The highest BCUT2D eigenvalue weighted by atomic mass is 16.5. The molecule has 0 saturated heterocycles. The van der Waals surface area contributed by atoms with E-state index in [0.717, 1.165) is 16.4 Å². The van der Waals surface area contributed by atoms with Gasteiger partial charge in [-0.1, -0.05) is 18.2 Å². The Morgan fingerprint density at radius 2 is 1.60 bits per heavy atom. The van der Waals surface area contributed by atoms with Gasteiger partial charge in [-0.25, -0.2) is 5.43 Å². The highest BCUT2D eigenvalue weighted by Gasteiger charge is 2.15. The predicted octanol–water partition coefficient (Wildman–Crippen LogP) is 4.75. The minimum Gasteiger partial charge on any atom is -0.495 e. The Hall–Kier alpha value is -4.53. The molecule has 0 saturated carbocycles. The number of methoxy groups -OCH3 is 3. The smallest absolute Gasteiger partial charge is 0.271 e. The summed E-state index contributed by atoms with van der Waals surface area (Å²) in [6, 6.07) is 16.0. The summed E-state index contributed by atoms with van der Waals surface area (Å²) in [4.78, 5) is 25.1. The molecule has 0 unspecified atom stereocenters. The lowest BCUT2D eigenvalue weighted by atomic mass is 10.1. The second-order valence-electron chi connectivity index (χ2n) is 7.73. The molecule has 2 N–H and O–H groups in total. The summed E-state index contributed by atoms with van der Waals surface area (Å²) in [5.74, 6) is 0.684. The Labute approximate surface area is 201 Å². The maximum Gasteiger partial charge on any atom is 0.271 e. The molecule has 0 aliphatic carbocycles. The Kier molecular flexibility index (Phi) is 6.86. The van der Waals surface area contributed by atoms with Gasteiger partial charge < -0.3 is 23.9 Å². The first-order chi connectivity index (χ1) is 16.9. The van der Waals surface area contributed by atoms with Crippen LogP contribution in [-0.4, -0.2) is 38.9 Å². The molecule has 9 nitrogen and oxygen atoms in total. The number of anilines is 1. The SMILES string of the molecule is COc1cc2c(cc1NC(=O)C/C(C)=N\NC(=O)c1ccc(OC)c(OC)c1)oc1ccccc12. The minimum atomic E-state index is -0.442. The Bertz CT molecular complexity index is 1440. The zero-order valence-electron chi connectivity index (χ0n) is 19.8. The van der Waals surface area contributed by atoms with Crippen molar-refractivity contribution in [2.24, 2.45) is 5.10 Å². The predicted molar refractivity (Wildman–Crippen MR) is 134 cm³/mol. The summed E-state index contributed by atoms with van der Waals surface area (Å²) in [6.07, 6.45) is -0.0342. The van der Waals surface area contributed by atoms with Crippen LogP contribution in [0.15, 0.2) is 64.1 Å². The first-order valence-corrected chi connectivity index (χ1v) is 10.8. The van der Waals surface area contributed by atoms with Gasteiger partial charge in [0.25, 0.3) is 5.91 Å². The third-order valence-corrected chi connectivity index (χ3v) is 5.38. The number of nitrogens with zero attached hydrogens (tertiary/aromatic N) is 1. The minimum absolute atomic E-state index is 0.0342. The molecule has 0 fully saturated rings. The first-order valence-electron chi connectivity index (χ1n) is 10.8. The molecule has 4 rings (SSSR count). The van der Waals surface area contributed by atoms with Gasteiger partial charge in [-0.05, 0) is 37.3 Å². The lowest BCUT2D eigenvalue weighted by Gasteiger charge is -2.11. The number of carbonyl (C=O) groups is 2. The molecule has 2 amide bonds. The standard InChI is InChI=1S/C26H25N3O6/c1-15(28-29-26(31)16-9-10-21(32-2)24(12-16)34-4)11-25(30)27-19-14-22-18(13-23(19)33-3)17-7-5-6-8-20(17)35-22/h5-10,12-14H,11H2,1-4H3,(H,27,30)(H,29,31)/b28-15-. The number of furan rings is 1. The highest BCUT2D eigenvalue weighted by molar-refractivity contribution is 6.10. The molecular formula is C26H25N3O6. The number of benzene rings is 3. The van der Waals surface area contributed by atoms with Crippen molar-refractivity contribution in [2.75, 3.05) is 26.6 Å². The van der Waals surface area contributed by atoms with Crippen molar-refractivity contribution < 1.29 is 28.2 Å². The van der Waals surface area contributed by atoms with E-state index in [1.54, 1.807) is 31.2 Å². The number of fused-ring (bicyclic) bond motifs is 3. The first kappa shape index (κ1) is 23.6. The average molecular weight is 476 g/mol. The number of hydrazone groups is 1. The molecule has 35 heavy (non-hydrogen) atoms. The van der Waals surface area contributed by atoms with Crippen molar-refractivity contribution in [3.63, 3.8) is 0 Å². The van der Waals surface area contributed by atoms with E-state index in [2.05, 4.69) is 15.8 Å². The molecule has 0 atom stereocenters. The summed E-state index contributed by atoms with van der Waals surface area (Å²) < 4.78 is 21.8. The molecule has 1 heterocycles. The number of hydrogen-bond donors (Lipinski definition) is 2. The van der Waals surface area contributed by atoms with Crippen LogP contribution in [0.1, 0.15) is 23.7 Å². The van der Waals surface area contributed by atoms with Crippen molar-refractivity contribution in [1.29, 1.82) is 0 Å². The zero-order chi connectivity index (χ0) is 24.9. The molecule has 9 heteroatoms. The maximum absolute atomic E-state index is 12.6. The number of nitrogens with one attached hydrogen (secondary N) is 2. The fraction of sp³-hybridized carbons (Fsp3) is 0.192. The topological polar surface area (TPSA) is 111 Å². The van der Waals surface area contributed by atoms with E-state index in [4.69, 9.17) is 18.6 Å². The molecule has 0 spiro atoms. The quantitative estimate of drug-likeness (QED) is 0.281. The van der Waals surface area contributed by atoms with Crippen LogP contribution in [-0.2, 0) is 4.79 Å². The van der Waals surface area contributed by atoms with E-state index in [0.29, 0.717) is 39.8 Å². The van der Waals surface area contributed by atoms with Gasteiger partial charge in [0.15, 0.2) is 11.5 Å². The summed E-state index contributed by atoms with van der Waals surface area (Å²) in [6.45, 7) is 1.65. The Balaban J connectivity index is 1.44. The summed E-state index contributed by atoms with van der Waals surface area (Å²) in [5, 5.41) is 8.72. The second-order valence-corrected chi connectivity index (χ2v) is 7.73. The van der Waals surface area contributed by atoms with Gasteiger partial charge in [0.05, 0.1) is 33.4 Å². The van der Waals surface area contributed by atoms with Crippen LogP contribution in [0, 0.1) is 0 Å². The van der Waals surface area contributed by atoms with Crippen molar-refractivity contribution in [1.82, 2.24) is 5.43 Å². The molecule has 0 aliphatic rings. The molecule has 180 valence electrons. The number of hydrogen-bond acceptors (Lipinski definition) is 7. The van der Waals surface area contributed by atoms with Gasteiger partial charge in [0, 0.05) is 28.1 Å². The largest absolute Gasteiger partial charge is 0.495 e. The van der Waals surface area contributed by atoms with Gasteiger partial charge in [-0.15, -0.1) is 0 Å². The molecule has 0 radical (unpaired) electrons. The molecule has 1 aromatic heterocycles. The van der Waals surface area contributed by atoms with E-state index in [9.17, 15) is 9.59 Å². The molecule has 0 bridgehead atoms. The maximum atomic E-state index is 12.6. The van der Waals surface area contributed by atoms with Crippen molar-refractivity contribution in [3.8, 4) is 17.2 Å². The van der Waals surface area contributed by atoms with Gasteiger partial charge in [-0.3, -0.25) is 9.59 Å². The normalized spacial score (nSPS) is 11.4. The zero-order valence-corrected chi connectivity index (χ0v) is 19.8. The lowest BCUT2D eigenvalue weighted by molar-refractivity contribution is -0.115. The Morgan fingerprint density at radius 1 is 0.857 bits per heavy atom. The van der Waals surface area contributed by atoms with Crippen molar-refractivity contribution in [3.05, 3.63) is 60.2 Å². The van der Waals surface area contributed by atoms with Crippen LogP contribution >= 0.6 is 0 Å².